The summed E-state index contributed by atoms with van der Waals surface area (Å²) in [5.74, 6) is -3.60. The Kier molecular flexibility index (Phi) is 8.03. The Morgan fingerprint density at radius 3 is 2.42 bits per heavy atom. The van der Waals surface area contributed by atoms with Crippen LogP contribution in [-0.4, -0.2) is 50.0 Å². The molecule has 2 aromatic carbocycles. The van der Waals surface area contributed by atoms with Gasteiger partial charge in [-0.2, -0.15) is 0 Å². The van der Waals surface area contributed by atoms with Crippen molar-refractivity contribution in [2.24, 2.45) is 5.92 Å². The number of nitrogens with zero attached hydrogens (tertiary/aromatic N) is 4. The van der Waals surface area contributed by atoms with Gasteiger partial charge < -0.3 is 10.1 Å². The quantitative estimate of drug-likeness (QED) is 0.129. The number of rotatable bonds is 8. The minimum Gasteiger partial charge on any atom is -0.462 e. The van der Waals surface area contributed by atoms with Crippen molar-refractivity contribution in [3.63, 3.8) is 0 Å². The van der Waals surface area contributed by atoms with Crippen LogP contribution in [-0.2, 0) is 25.7 Å². The fraction of sp³-hybridized carbons (Fsp3) is 0.200. The lowest BCUT2D eigenvalue weighted by Crippen LogP contribution is -2.33. The summed E-state index contributed by atoms with van der Waals surface area (Å²) >= 11 is 1.95. The van der Waals surface area contributed by atoms with Gasteiger partial charge >= 0.3 is 10.8 Å². The fourth-order valence-electron chi connectivity index (χ4n) is 5.40. The molecule has 1 N–H and O–H groups in total. The van der Waals surface area contributed by atoms with E-state index in [9.17, 15) is 34.1 Å². The Morgan fingerprint density at radius 1 is 1.04 bits per heavy atom. The number of thioether (sulfide) groups is 1. The Morgan fingerprint density at radius 2 is 1.78 bits per heavy atom. The summed E-state index contributed by atoms with van der Waals surface area (Å²) in [5, 5.41) is 13.3. The van der Waals surface area contributed by atoms with Crippen molar-refractivity contribution in [1.82, 2.24) is 9.55 Å². The van der Waals surface area contributed by atoms with Crippen LogP contribution in [0.15, 0.2) is 82.9 Å². The molecule has 0 saturated carbocycles. The van der Waals surface area contributed by atoms with Crippen LogP contribution in [0.4, 0.5) is 17.1 Å². The number of carbonyl (C=O) groups is 4. The van der Waals surface area contributed by atoms with Gasteiger partial charge in [0.2, 0.25) is 17.7 Å². The number of carbonyl (C=O) groups excluding carboxylic acids is 4. The molecule has 0 radical (unpaired) electrons. The number of pyridine rings is 1. The summed E-state index contributed by atoms with van der Waals surface area (Å²) in [6.45, 7) is 1.57. The first-order valence-corrected chi connectivity index (χ1v) is 15.4. The minimum absolute atomic E-state index is 0.183. The van der Waals surface area contributed by atoms with Crippen molar-refractivity contribution >= 4 is 63.9 Å². The molecule has 0 bridgehead atoms. The van der Waals surface area contributed by atoms with E-state index >= 15 is 0 Å². The average Bonchev–Trinajstić information content (AvgIpc) is 3.48. The largest absolute Gasteiger partial charge is 0.462 e. The molecule has 0 aliphatic carbocycles. The van der Waals surface area contributed by atoms with Gasteiger partial charge in [-0.15, -0.1) is 0 Å². The number of fused-ring (bicyclic) bond motifs is 2. The molecule has 2 aliphatic rings. The first-order chi connectivity index (χ1) is 21.7. The Bertz CT molecular complexity index is 1890. The number of imide groups is 1. The number of benzene rings is 2. The molecule has 1 saturated heterocycles. The third-order valence-electron chi connectivity index (χ3n) is 7.39. The second-order valence-electron chi connectivity index (χ2n) is 10.1. The number of amides is 3. The summed E-state index contributed by atoms with van der Waals surface area (Å²) in [5.41, 5.74) is 1.37. The van der Waals surface area contributed by atoms with E-state index in [2.05, 4.69) is 10.3 Å². The van der Waals surface area contributed by atoms with Crippen LogP contribution in [0.5, 0.6) is 0 Å². The summed E-state index contributed by atoms with van der Waals surface area (Å²) in [6.07, 6.45) is 3.15. The highest BCUT2D eigenvalue weighted by atomic mass is 32.2. The zero-order valence-electron chi connectivity index (χ0n) is 23.4. The van der Waals surface area contributed by atoms with E-state index in [1.807, 2.05) is 0 Å². The van der Waals surface area contributed by atoms with Gasteiger partial charge in [-0.3, -0.25) is 38.8 Å². The van der Waals surface area contributed by atoms with Crippen LogP contribution in [0.2, 0.25) is 0 Å². The Balaban J connectivity index is 1.31. The number of thiazole rings is 1. The normalized spacial score (nSPS) is 18.7. The molecule has 3 atom stereocenters. The van der Waals surface area contributed by atoms with Gasteiger partial charge in [-0.25, -0.2) is 9.69 Å². The zero-order chi connectivity index (χ0) is 31.8. The molecular formula is C30H23N5O8S2. The van der Waals surface area contributed by atoms with E-state index in [0.717, 1.165) is 28.0 Å². The van der Waals surface area contributed by atoms with Crippen molar-refractivity contribution in [3.8, 4) is 0 Å². The molecule has 2 aliphatic heterocycles. The molecule has 0 spiro atoms. The van der Waals surface area contributed by atoms with Crippen LogP contribution in [0.1, 0.15) is 33.6 Å². The van der Waals surface area contributed by atoms with E-state index in [0.29, 0.717) is 26.7 Å². The van der Waals surface area contributed by atoms with Crippen LogP contribution in [0.3, 0.4) is 0 Å². The summed E-state index contributed by atoms with van der Waals surface area (Å²) in [7, 11) is 0. The van der Waals surface area contributed by atoms with Crippen LogP contribution < -0.4 is 15.1 Å². The van der Waals surface area contributed by atoms with E-state index in [4.69, 9.17) is 4.74 Å². The van der Waals surface area contributed by atoms with Crippen LogP contribution in [0, 0.1) is 16.0 Å². The van der Waals surface area contributed by atoms with E-state index < -0.39 is 50.6 Å². The number of aromatic nitrogens is 2. The molecule has 2 aromatic heterocycles. The van der Waals surface area contributed by atoms with Crippen molar-refractivity contribution in [3.05, 3.63) is 109 Å². The SMILES string of the molecule is CCOC(=O)c1ccc(NC(=O)Cn2c3c(sc2=O)[C@@H](c2cccnc2)[C@H]2C(=O)N(c4ccc([N+](=O)[O-])cc4)C(=O)[C@H]2S3)cc1. The lowest BCUT2D eigenvalue weighted by Gasteiger charge is -2.30. The Labute approximate surface area is 263 Å². The maximum absolute atomic E-state index is 13.9. The highest BCUT2D eigenvalue weighted by molar-refractivity contribution is 8.00. The smallest absolute Gasteiger partial charge is 0.338 e. The predicted octanol–water partition coefficient (Wildman–Crippen LogP) is 3.82. The van der Waals surface area contributed by atoms with Crippen molar-refractivity contribution in [2.75, 3.05) is 16.8 Å². The molecule has 4 aromatic rings. The average molecular weight is 646 g/mol. The first-order valence-electron chi connectivity index (χ1n) is 13.7. The molecule has 0 unspecified atom stereocenters. The van der Waals surface area contributed by atoms with Crippen LogP contribution >= 0.6 is 23.1 Å². The number of hydrogen-bond acceptors (Lipinski definition) is 11. The molecular weight excluding hydrogens is 622 g/mol. The number of nitro groups is 1. The number of anilines is 2. The predicted molar refractivity (Wildman–Crippen MR) is 164 cm³/mol. The second-order valence-corrected chi connectivity index (χ2v) is 12.2. The second kappa shape index (κ2) is 12.1. The standard InChI is InChI=1S/C30H23N5O8S2/c1-2-43-29(39)16-5-7-18(8-6-16)32-21(36)15-33-28-25(45-30(33)40)22(17-4-3-13-31-14-17)23-24(44-28)27(38)34(26(23)37)19-9-11-20(12-10-19)35(41)42/h3-14,22-24H,2,15H2,1H3,(H,32,36)/t22-,23+,24-/m0/s1. The monoisotopic (exact) mass is 645 g/mol. The van der Waals surface area contributed by atoms with Gasteiger partial charge in [0.05, 0.1) is 33.7 Å². The number of hydrogen-bond donors (Lipinski definition) is 1. The fourth-order valence-corrected chi connectivity index (χ4v) is 8.17. The maximum Gasteiger partial charge on any atom is 0.338 e. The van der Waals surface area contributed by atoms with Crippen LogP contribution in [0.25, 0.3) is 0 Å². The number of esters is 1. The summed E-state index contributed by atoms with van der Waals surface area (Å²) < 4.78 is 6.26. The van der Waals surface area contributed by atoms with Crippen molar-refractivity contribution in [2.45, 2.75) is 29.7 Å². The lowest BCUT2D eigenvalue weighted by atomic mass is 9.84. The summed E-state index contributed by atoms with van der Waals surface area (Å²) in [6, 6.07) is 14.7. The topological polar surface area (TPSA) is 171 Å². The molecule has 13 nitrogen and oxygen atoms in total. The molecule has 3 amide bonds. The molecule has 6 rings (SSSR count). The molecule has 1 fully saturated rings. The zero-order valence-corrected chi connectivity index (χ0v) is 25.1. The highest BCUT2D eigenvalue weighted by Crippen LogP contribution is 2.53. The van der Waals surface area contributed by atoms with E-state index in [1.165, 1.54) is 41.0 Å². The van der Waals surface area contributed by atoms with Gasteiger partial charge in [0, 0.05) is 41.0 Å². The maximum atomic E-state index is 13.9. The molecule has 228 valence electrons. The molecule has 15 heteroatoms. The van der Waals surface area contributed by atoms with Gasteiger partial charge in [0.25, 0.3) is 5.69 Å². The lowest BCUT2D eigenvalue weighted by molar-refractivity contribution is -0.384. The number of nitro benzene ring substituents is 1. The van der Waals surface area contributed by atoms with Crippen molar-refractivity contribution in [1.29, 1.82) is 0 Å². The number of non-ortho nitro benzene ring substituents is 1. The number of ether oxygens (including phenoxy) is 1. The molecule has 4 heterocycles. The van der Waals surface area contributed by atoms with Gasteiger partial charge in [0.1, 0.15) is 11.8 Å². The van der Waals surface area contributed by atoms with Gasteiger partial charge in [0.15, 0.2) is 0 Å². The minimum atomic E-state index is -0.927. The van der Waals surface area contributed by atoms with Gasteiger partial charge in [-0.1, -0.05) is 29.2 Å². The first kappa shape index (κ1) is 29.9. The Hall–Kier alpha value is -5.15. The van der Waals surface area contributed by atoms with E-state index in [1.54, 1.807) is 43.6 Å². The van der Waals surface area contributed by atoms with Crippen molar-refractivity contribution < 1.29 is 28.8 Å². The van der Waals surface area contributed by atoms with E-state index in [-0.39, 0.29) is 24.5 Å². The third-order valence-corrected chi connectivity index (χ3v) is 10.00. The molecule has 45 heavy (non-hydrogen) atoms. The summed E-state index contributed by atoms with van der Waals surface area (Å²) in [4.78, 5) is 81.9. The third kappa shape index (κ3) is 5.51. The number of nitrogens with one attached hydrogen (secondary N) is 1. The van der Waals surface area contributed by atoms with Gasteiger partial charge in [-0.05, 0) is 55.0 Å². The highest BCUT2D eigenvalue weighted by Gasteiger charge is 2.57.